The van der Waals surface area contributed by atoms with Gasteiger partial charge in [-0.15, -0.1) is 0 Å². The molecular weight excluding hydrogens is 502 g/mol. The molecule has 2 atom stereocenters. The van der Waals surface area contributed by atoms with Crippen LogP contribution in [0.2, 0.25) is 0 Å². The lowest BCUT2D eigenvalue weighted by molar-refractivity contribution is -0.116. The Morgan fingerprint density at radius 3 is 2.56 bits per heavy atom. The highest BCUT2D eigenvalue weighted by Crippen LogP contribution is 2.41. The number of carbonyl (C=O) groups excluding carboxylic acids is 1. The number of amides is 1. The first-order valence-electron chi connectivity index (χ1n) is 13.5. The number of hydrogen-bond acceptors (Lipinski definition) is 3. The van der Waals surface area contributed by atoms with Crippen molar-refractivity contribution < 1.29 is 4.79 Å². The third-order valence-electron chi connectivity index (χ3n) is 7.48. The molecule has 7 heteroatoms. The summed E-state index contributed by atoms with van der Waals surface area (Å²) in [6, 6.07) is 24.4. The van der Waals surface area contributed by atoms with E-state index in [4.69, 9.17) is 12.2 Å². The molecule has 0 spiro atoms. The number of pyridine rings is 1. The Morgan fingerprint density at radius 1 is 1.03 bits per heavy atom. The molecule has 1 amide bonds. The van der Waals surface area contributed by atoms with E-state index in [1.165, 1.54) is 22.5 Å². The minimum Gasteiger partial charge on any atom is -0.352 e. The second-order valence-electron chi connectivity index (χ2n) is 10.1. The largest absolute Gasteiger partial charge is 0.352 e. The summed E-state index contributed by atoms with van der Waals surface area (Å²) in [7, 11) is 0. The maximum atomic E-state index is 12.9. The molecule has 4 aromatic rings. The molecule has 3 heterocycles. The Labute approximate surface area is 236 Å². The van der Waals surface area contributed by atoms with E-state index in [0.29, 0.717) is 18.1 Å². The first kappa shape index (κ1) is 26.6. The highest BCUT2D eigenvalue weighted by Gasteiger charge is 2.41. The molecule has 200 valence electrons. The molecule has 39 heavy (non-hydrogen) atoms. The molecule has 0 aliphatic carbocycles. The lowest BCUT2D eigenvalue weighted by atomic mass is 9.96. The zero-order chi connectivity index (χ0) is 27.5. The number of rotatable bonds is 8. The van der Waals surface area contributed by atoms with E-state index < -0.39 is 0 Å². The van der Waals surface area contributed by atoms with Gasteiger partial charge in [0.15, 0.2) is 5.11 Å². The van der Waals surface area contributed by atoms with Crippen molar-refractivity contribution in [3.05, 3.63) is 113 Å². The van der Waals surface area contributed by atoms with Gasteiger partial charge in [0.05, 0.1) is 17.8 Å². The minimum atomic E-state index is -0.131. The number of benzene rings is 2. The summed E-state index contributed by atoms with van der Waals surface area (Å²) in [6.07, 6.45) is 3.09. The molecular formula is C32H35N5OS. The lowest BCUT2D eigenvalue weighted by Gasteiger charge is -2.28. The molecule has 2 aromatic carbocycles. The molecule has 6 nitrogen and oxygen atoms in total. The molecule has 0 unspecified atom stereocenters. The zero-order valence-corrected chi connectivity index (χ0v) is 23.8. The van der Waals surface area contributed by atoms with E-state index in [1.54, 1.807) is 0 Å². The van der Waals surface area contributed by atoms with Crippen molar-refractivity contribution in [1.29, 1.82) is 0 Å². The van der Waals surface area contributed by atoms with Crippen molar-refractivity contribution in [3.63, 3.8) is 0 Å². The molecule has 1 saturated heterocycles. The van der Waals surface area contributed by atoms with E-state index in [9.17, 15) is 4.79 Å². The summed E-state index contributed by atoms with van der Waals surface area (Å²) in [6.45, 7) is 9.02. The molecule has 1 aliphatic rings. The van der Waals surface area contributed by atoms with Crippen LogP contribution >= 0.6 is 12.2 Å². The predicted molar refractivity (Wildman–Crippen MR) is 161 cm³/mol. The summed E-state index contributed by atoms with van der Waals surface area (Å²) in [4.78, 5) is 19.8. The van der Waals surface area contributed by atoms with Crippen molar-refractivity contribution >= 4 is 28.9 Å². The van der Waals surface area contributed by atoms with Crippen LogP contribution in [0.4, 0.5) is 5.69 Å². The van der Waals surface area contributed by atoms with Crippen LogP contribution in [0.15, 0.2) is 79.0 Å². The van der Waals surface area contributed by atoms with Crippen LogP contribution in [-0.4, -0.2) is 32.0 Å². The van der Waals surface area contributed by atoms with Gasteiger partial charge in [-0.1, -0.05) is 43.3 Å². The number of thiocarbonyl (C=S) groups is 1. The molecule has 1 fully saturated rings. The Balaban J connectivity index is 1.49. The van der Waals surface area contributed by atoms with Crippen LogP contribution in [0, 0.1) is 20.8 Å². The first-order chi connectivity index (χ1) is 18.9. The second-order valence-corrected chi connectivity index (χ2v) is 10.5. The van der Waals surface area contributed by atoms with Gasteiger partial charge >= 0.3 is 0 Å². The van der Waals surface area contributed by atoms with Crippen LogP contribution in [0.25, 0.3) is 5.69 Å². The van der Waals surface area contributed by atoms with Crippen molar-refractivity contribution in [2.45, 2.75) is 52.6 Å². The van der Waals surface area contributed by atoms with Gasteiger partial charge in [0, 0.05) is 41.9 Å². The van der Waals surface area contributed by atoms with E-state index in [2.05, 4.69) is 76.2 Å². The third-order valence-corrected chi connectivity index (χ3v) is 7.83. The summed E-state index contributed by atoms with van der Waals surface area (Å²) < 4.78 is 2.34. The Bertz CT molecular complexity index is 1500. The summed E-state index contributed by atoms with van der Waals surface area (Å²) in [5.74, 6) is -0.0363. The van der Waals surface area contributed by atoms with Gasteiger partial charge in [-0.3, -0.25) is 9.78 Å². The van der Waals surface area contributed by atoms with Gasteiger partial charge in [0.25, 0.3) is 0 Å². The lowest BCUT2D eigenvalue weighted by Crippen LogP contribution is -2.32. The van der Waals surface area contributed by atoms with E-state index >= 15 is 0 Å². The van der Waals surface area contributed by atoms with Crippen molar-refractivity contribution in [3.8, 4) is 5.69 Å². The number of nitrogens with one attached hydrogen (secondary N) is 2. The maximum Gasteiger partial charge on any atom is 0.226 e. The van der Waals surface area contributed by atoms with E-state index in [0.717, 1.165) is 29.1 Å². The van der Waals surface area contributed by atoms with Crippen LogP contribution in [0.1, 0.15) is 59.2 Å². The van der Waals surface area contributed by atoms with E-state index in [-0.39, 0.29) is 18.0 Å². The van der Waals surface area contributed by atoms with Crippen LogP contribution < -0.4 is 10.6 Å². The summed E-state index contributed by atoms with van der Waals surface area (Å²) >= 11 is 5.86. The highest BCUT2D eigenvalue weighted by molar-refractivity contribution is 7.80. The first-order valence-corrected chi connectivity index (χ1v) is 13.9. The maximum absolute atomic E-state index is 12.9. The molecule has 0 saturated carbocycles. The monoisotopic (exact) mass is 537 g/mol. The van der Waals surface area contributed by atoms with Crippen LogP contribution in [0.3, 0.4) is 0 Å². The SMILES string of the molecule is CCc1ccccc1-n1c(C)cc([C@@H]2[C@@H](c3ccccn3)NC(=S)N2CCC(=O)Nc2cccc(C)c2)c1C. The number of carbonyl (C=O) groups is 1. The fourth-order valence-electron chi connectivity index (χ4n) is 5.64. The minimum absolute atomic E-state index is 0.0363. The number of anilines is 1. The zero-order valence-electron chi connectivity index (χ0n) is 22.9. The molecule has 2 aromatic heterocycles. The fraction of sp³-hybridized carbons (Fsp3) is 0.281. The van der Waals surface area contributed by atoms with Crippen molar-refractivity contribution in [2.75, 3.05) is 11.9 Å². The number of hydrogen-bond donors (Lipinski definition) is 2. The number of aryl methyl sites for hydroxylation is 3. The Hall–Kier alpha value is -3.97. The van der Waals surface area contributed by atoms with E-state index in [1.807, 2.05) is 55.6 Å². The number of para-hydroxylation sites is 1. The smallest absolute Gasteiger partial charge is 0.226 e. The molecule has 0 radical (unpaired) electrons. The Kier molecular flexibility index (Phi) is 7.79. The van der Waals surface area contributed by atoms with Gasteiger partial charge in [-0.2, -0.15) is 0 Å². The van der Waals surface area contributed by atoms with Gasteiger partial charge in [-0.25, -0.2) is 0 Å². The number of nitrogens with zero attached hydrogens (tertiary/aromatic N) is 3. The van der Waals surface area contributed by atoms with Crippen molar-refractivity contribution in [1.82, 2.24) is 19.8 Å². The summed E-state index contributed by atoms with van der Waals surface area (Å²) in [5.41, 5.74) is 8.86. The average molecular weight is 538 g/mol. The van der Waals surface area contributed by atoms with Crippen molar-refractivity contribution in [2.24, 2.45) is 0 Å². The summed E-state index contributed by atoms with van der Waals surface area (Å²) in [5, 5.41) is 7.19. The normalized spacial score (nSPS) is 16.8. The predicted octanol–water partition coefficient (Wildman–Crippen LogP) is 6.36. The topological polar surface area (TPSA) is 62.2 Å². The van der Waals surface area contributed by atoms with Crippen LogP contribution in [0.5, 0.6) is 0 Å². The molecule has 0 bridgehead atoms. The average Bonchev–Trinajstić information content (AvgIpc) is 3.42. The third kappa shape index (κ3) is 5.45. The number of aromatic nitrogens is 2. The van der Waals surface area contributed by atoms with Crippen LogP contribution in [-0.2, 0) is 11.2 Å². The molecule has 5 rings (SSSR count). The molecule has 1 aliphatic heterocycles. The molecule has 2 N–H and O–H groups in total. The fourth-order valence-corrected chi connectivity index (χ4v) is 5.97. The standard InChI is InChI=1S/C32H35N5OS/c1-5-24-12-6-7-15-28(24)37-22(3)20-26(23(37)4)31-30(27-14-8-9-17-33-27)35-32(39)36(31)18-16-29(38)34-25-13-10-11-21(2)19-25/h6-15,17,19-20,30-31H,5,16,18H2,1-4H3,(H,34,38)(H,35,39)/t30-,31-/m1/s1. The Morgan fingerprint density at radius 2 is 1.82 bits per heavy atom. The van der Waals surface area contributed by atoms with Gasteiger partial charge in [0.1, 0.15) is 0 Å². The highest BCUT2D eigenvalue weighted by atomic mass is 32.1. The van der Waals surface area contributed by atoms with Gasteiger partial charge in [-0.05, 0) is 92.5 Å². The van der Waals surface area contributed by atoms with Gasteiger partial charge < -0.3 is 20.1 Å². The van der Waals surface area contributed by atoms with Gasteiger partial charge in [0.2, 0.25) is 5.91 Å². The second kappa shape index (κ2) is 11.4. The quantitative estimate of drug-likeness (QED) is 0.256.